The number of piperidine rings is 1. The highest BCUT2D eigenvalue weighted by molar-refractivity contribution is 6.02. The molecule has 2 aliphatic heterocycles. The summed E-state index contributed by atoms with van der Waals surface area (Å²) in [5, 5.41) is 0. The molecule has 2 heterocycles. The van der Waals surface area contributed by atoms with Crippen LogP contribution in [0, 0.1) is 5.92 Å². The van der Waals surface area contributed by atoms with E-state index in [4.69, 9.17) is 0 Å². The van der Waals surface area contributed by atoms with Crippen molar-refractivity contribution in [2.75, 3.05) is 36.5 Å². The molecular formula is C18H21F3N2O3. The number of benzene rings is 1. The van der Waals surface area contributed by atoms with Crippen LogP contribution in [0.4, 0.5) is 24.5 Å². The van der Waals surface area contributed by atoms with Crippen LogP contribution >= 0.6 is 0 Å². The second kappa shape index (κ2) is 7.17. The van der Waals surface area contributed by atoms with Gasteiger partial charge in [-0.3, -0.25) is 9.59 Å². The van der Waals surface area contributed by atoms with E-state index in [1.807, 2.05) is 4.90 Å². The minimum absolute atomic E-state index is 0.0354. The molecule has 0 radical (unpaired) electrons. The Hall–Kier alpha value is -2.25. The normalized spacial score (nSPS) is 21.2. The SMILES string of the molecule is COC(=O)[C@@H]1CC(=O)N(c2cc(C(F)(F)F)ccc2N2CCCCC2)C1. The van der Waals surface area contributed by atoms with Crippen molar-refractivity contribution in [3.63, 3.8) is 0 Å². The smallest absolute Gasteiger partial charge is 0.416 e. The van der Waals surface area contributed by atoms with Gasteiger partial charge in [-0.05, 0) is 37.5 Å². The van der Waals surface area contributed by atoms with E-state index in [0.717, 1.165) is 44.5 Å². The summed E-state index contributed by atoms with van der Waals surface area (Å²) in [7, 11) is 1.24. The lowest BCUT2D eigenvalue weighted by Gasteiger charge is -2.33. The Morgan fingerprint density at radius 3 is 2.46 bits per heavy atom. The van der Waals surface area contributed by atoms with Crippen molar-refractivity contribution >= 4 is 23.3 Å². The number of halogens is 3. The molecule has 0 aliphatic carbocycles. The van der Waals surface area contributed by atoms with Gasteiger partial charge in [0.05, 0.1) is 30.0 Å². The summed E-state index contributed by atoms with van der Waals surface area (Å²) in [5.41, 5.74) is 0.0253. The first-order chi connectivity index (χ1) is 12.3. The van der Waals surface area contributed by atoms with E-state index in [9.17, 15) is 22.8 Å². The molecule has 1 aromatic carbocycles. The number of ether oxygens (including phenoxy) is 1. The maximum atomic E-state index is 13.2. The number of anilines is 2. The van der Waals surface area contributed by atoms with Crippen LogP contribution in [0.15, 0.2) is 18.2 Å². The predicted molar refractivity (Wildman–Crippen MR) is 90.0 cm³/mol. The molecule has 2 saturated heterocycles. The molecule has 26 heavy (non-hydrogen) atoms. The Balaban J connectivity index is 1.99. The molecular weight excluding hydrogens is 349 g/mol. The second-order valence-electron chi connectivity index (χ2n) is 6.68. The summed E-state index contributed by atoms with van der Waals surface area (Å²) >= 11 is 0. The predicted octanol–water partition coefficient (Wildman–Crippen LogP) is 3.22. The molecule has 8 heteroatoms. The molecule has 1 atom stereocenters. The number of esters is 1. The average molecular weight is 370 g/mol. The summed E-state index contributed by atoms with van der Waals surface area (Å²) in [6.45, 7) is 1.51. The highest BCUT2D eigenvalue weighted by atomic mass is 19.4. The molecule has 0 unspecified atom stereocenters. The first-order valence-electron chi connectivity index (χ1n) is 8.65. The van der Waals surface area contributed by atoms with Gasteiger partial charge >= 0.3 is 12.1 Å². The number of methoxy groups -OCH3 is 1. The number of nitrogens with zero attached hydrogens (tertiary/aromatic N) is 2. The number of rotatable bonds is 3. The highest BCUT2D eigenvalue weighted by Gasteiger charge is 2.39. The van der Waals surface area contributed by atoms with E-state index in [2.05, 4.69) is 4.74 Å². The average Bonchev–Trinajstić information content (AvgIpc) is 3.02. The summed E-state index contributed by atoms with van der Waals surface area (Å²) in [6.07, 6.45) is -1.56. The maximum absolute atomic E-state index is 13.2. The van der Waals surface area contributed by atoms with Crippen molar-refractivity contribution in [2.24, 2.45) is 5.92 Å². The summed E-state index contributed by atoms with van der Waals surface area (Å²) in [4.78, 5) is 27.5. The van der Waals surface area contributed by atoms with Crippen molar-refractivity contribution in [1.82, 2.24) is 0 Å². The fraction of sp³-hybridized carbons (Fsp3) is 0.556. The van der Waals surface area contributed by atoms with E-state index < -0.39 is 23.6 Å². The number of hydrogen-bond donors (Lipinski definition) is 0. The fourth-order valence-electron chi connectivity index (χ4n) is 3.58. The molecule has 1 aromatic rings. The van der Waals surface area contributed by atoms with Gasteiger partial charge in [0.15, 0.2) is 0 Å². The van der Waals surface area contributed by atoms with Gasteiger partial charge < -0.3 is 14.5 Å². The van der Waals surface area contributed by atoms with Gasteiger partial charge in [-0.15, -0.1) is 0 Å². The molecule has 0 saturated carbocycles. The first-order valence-corrected chi connectivity index (χ1v) is 8.65. The number of amides is 1. The van der Waals surface area contributed by atoms with Gasteiger partial charge in [0.25, 0.3) is 0 Å². The van der Waals surface area contributed by atoms with E-state index in [1.165, 1.54) is 18.1 Å². The Bertz CT molecular complexity index is 699. The third-order valence-corrected chi connectivity index (χ3v) is 4.95. The Morgan fingerprint density at radius 1 is 1.15 bits per heavy atom. The van der Waals surface area contributed by atoms with E-state index >= 15 is 0 Å². The molecule has 0 bridgehead atoms. The van der Waals surface area contributed by atoms with E-state index in [0.29, 0.717) is 5.69 Å². The summed E-state index contributed by atoms with van der Waals surface area (Å²) in [5.74, 6) is -1.54. The third kappa shape index (κ3) is 3.64. The molecule has 142 valence electrons. The zero-order chi connectivity index (χ0) is 18.9. The van der Waals surface area contributed by atoms with Crippen LogP contribution in [0.5, 0.6) is 0 Å². The molecule has 0 aromatic heterocycles. The lowest BCUT2D eigenvalue weighted by Crippen LogP contribution is -2.33. The van der Waals surface area contributed by atoms with Crippen LogP contribution in [-0.2, 0) is 20.5 Å². The Kier molecular flexibility index (Phi) is 5.11. The first kappa shape index (κ1) is 18.5. The largest absolute Gasteiger partial charge is 0.469 e. The summed E-state index contributed by atoms with van der Waals surface area (Å²) < 4.78 is 44.3. The van der Waals surface area contributed by atoms with Crippen molar-refractivity contribution in [2.45, 2.75) is 31.9 Å². The molecule has 0 N–H and O–H groups in total. The van der Waals surface area contributed by atoms with Crippen LogP contribution < -0.4 is 9.80 Å². The van der Waals surface area contributed by atoms with E-state index in [-0.39, 0.29) is 24.6 Å². The molecule has 0 spiro atoms. The maximum Gasteiger partial charge on any atom is 0.416 e. The molecule has 2 fully saturated rings. The molecule has 5 nitrogen and oxygen atoms in total. The van der Waals surface area contributed by atoms with Gasteiger partial charge in [0.1, 0.15) is 0 Å². The zero-order valence-electron chi connectivity index (χ0n) is 14.5. The third-order valence-electron chi connectivity index (χ3n) is 4.95. The summed E-state index contributed by atoms with van der Waals surface area (Å²) in [6, 6.07) is 3.50. The van der Waals surface area contributed by atoms with Gasteiger partial charge in [0.2, 0.25) is 5.91 Å². The van der Waals surface area contributed by atoms with Crippen LogP contribution in [0.2, 0.25) is 0 Å². The number of alkyl halides is 3. The van der Waals surface area contributed by atoms with Gasteiger partial charge in [-0.1, -0.05) is 0 Å². The lowest BCUT2D eigenvalue weighted by atomic mass is 10.1. The Labute approximate surface area is 149 Å². The topological polar surface area (TPSA) is 49.9 Å². The van der Waals surface area contributed by atoms with Crippen LogP contribution in [-0.4, -0.2) is 38.6 Å². The van der Waals surface area contributed by atoms with Crippen molar-refractivity contribution in [3.05, 3.63) is 23.8 Å². The van der Waals surface area contributed by atoms with E-state index in [1.54, 1.807) is 0 Å². The second-order valence-corrected chi connectivity index (χ2v) is 6.68. The van der Waals surface area contributed by atoms with Crippen molar-refractivity contribution in [3.8, 4) is 0 Å². The molecule has 2 aliphatic rings. The lowest BCUT2D eigenvalue weighted by molar-refractivity contribution is -0.145. The number of carbonyl (C=O) groups is 2. The van der Waals surface area contributed by atoms with Gasteiger partial charge in [0, 0.05) is 26.1 Å². The van der Waals surface area contributed by atoms with Gasteiger partial charge in [-0.25, -0.2) is 0 Å². The van der Waals surface area contributed by atoms with Crippen LogP contribution in [0.3, 0.4) is 0 Å². The van der Waals surface area contributed by atoms with Crippen LogP contribution in [0.1, 0.15) is 31.2 Å². The monoisotopic (exact) mass is 370 g/mol. The minimum Gasteiger partial charge on any atom is -0.469 e. The molecule has 1 amide bonds. The Morgan fingerprint density at radius 2 is 1.85 bits per heavy atom. The fourth-order valence-corrected chi connectivity index (χ4v) is 3.58. The van der Waals surface area contributed by atoms with Crippen LogP contribution in [0.25, 0.3) is 0 Å². The number of hydrogen-bond acceptors (Lipinski definition) is 4. The highest BCUT2D eigenvalue weighted by Crippen LogP contribution is 2.40. The zero-order valence-corrected chi connectivity index (χ0v) is 14.5. The minimum atomic E-state index is -4.50. The van der Waals surface area contributed by atoms with Crippen molar-refractivity contribution in [1.29, 1.82) is 0 Å². The standard InChI is InChI=1S/C18H21F3N2O3/c1-26-17(25)12-9-16(24)23(11-12)15-10-13(18(19,20)21)5-6-14(15)22-7-3-2-4-8-22/h5-6,10,12H,2-4,7-9,11H2,1H3/t12-/m1/s1. The quantitative estimate of drug-likeness (QED) is 0.767. The van der Waals surface area contributed by atoms with Gasteiger partial charge in [-0.2, -0.15) is 13.2 Å². The molecule has 3 rings (SSSR count). The number of carbonyl (C=O) groups excluding carboxylic acids is 2. The van der Waals surface area contributed by atoms with Crippen molar-refractivity contribution < 1.29 is 27.5 Å².